The average molecular weight is 303 g/mol. The summed E-state index contributed by atoms with van der Waals surface area (Å²) in [5.41, 5.74) is 0. The van der Waals surface area contributed by atoms with Crippen LogP contribution in [-0.2, 0) is 6.42 Å². The third-order valence-corrected chi connectivity index (χ3v) is 5.02. The molecule has 0 aliphatic carbocycles. The summed E-state index contributed by atoms with van der Waals surface area (Å²) in [4.78, 5) is 3.98. The zero-order valence-electron chi connectivity index (χ0n) is 8.07. The summed E-state index contributed by atoms with van der Waals surface area (Å²) >= 11 is 7.04. The highest BCUT2D eigenvalue weighted by Gasteiger charge is 2.04. The van der Waals surface area contributed by atoms with Gasteiger partial charge in [-0.05, 0) is 53.0 Å². The molecule has 0 aliphatic heterocycles. The van der Waals surface area contributed by atoms with Crippen molar-refractivity contribution in [3.8, 4) is 9.75 Å². The molecule has 2 aromatic rings. The molecule has 0 atom stereocenters. The summed E-state index contributed by atoms with van der Waals surface area (Å²) < 4.78 is 1.17. The molecule has 2 aromatic heterocycles. The SMILES string of the molecule is OCCCc1ccc(-c2ccc(Br)s2)s1. The van der Waals surface area contributed by atoms with E-state index in [4.69, 9.17) is 5.11 Å². The normalized spacial score (nSPS) is 10.8. The monoisotopic (exact) mass is 302 g/mol. The van der Waals surface area contributed by atoms with Crippen LogP contribution in [0.3, 0.4) is 0 Å². The maximum Gasteiger partial charge on any atom is 0.0705 e. The van der Waals surface area contributed by atoms with Crippen LogP contribution in [0.25, 0.3) is 9.75 Å². The van der Waals surface area contributed by atoms with E-state index in [-0.39, 0.29) is 6.61 Å². The highest BCUT2D eigenvalue weighted by atomic mass is 79.9. The van der Waals surface area contributed by atoms with Crippen molar-refractivity contribution < 1.29 is 5.11 Å². The Morgan fingerprint density at radius 3 is 2.47 bits per heavy atom. The second-order valence-corrected chi connectivity index (χ2v) is 6.83. The minimum atomic E-state index is 0.276. The fourth-order valence-electron chi connectivity index (χ4n) is 1.34. The Kier molecular flexibility index (Phi) is 3.97. The molecular formula is C11H11BrOS2. The smallest absolute Gasteiger partial charge is 0.0705 e. The molecule has 0 radical (unpaired) electrons. The van der Waals surface area contributed by atoms with Crippen molar-refractivity contribution in [2.24, 2.45) is 0 Å². The van der Waals surface area contributed by atoms with E-state index in [2.05, 4.69) is 40.2 Å². The number of rotatable bonds is 4. The van der Waals surface area contributed by atoms with Crippen LogP contribution in [0.1, 0.15) is 11.3 Å². The molecule has 80 valence electrons. The molecule has 1 nitrogen and oxygen atoms in total. The number of aliphatic hydroxyl groups excluding tert-OH is 1. The number of thiophene rings is 2. The highest BCUT2D eigenvalue weighted by Crippen LogP contribution is 2.35. The second-order valence-electron chi connectivity index (χ2n) is 3.20. The van der Waals surface area contributed by atoms with Crippen molar-refractivity contribution in [3.63, 3.8) is 0 Å². The minimum Gasteiger partial charge on any atom is -0.396 e. The molecule has 0 spiro atoms. The highest BCUT2D eigenvalue weighted by molar-refractivity contribution is 9.11. The first-order chi connectivity index (χ1) is 7.29. The van der Waals surface area contributed by atoms with Crippen LogP contribution in [0.4, 0.5) is 0 Å². The Hall–Kier alpha value is -0.160. The largest absolute Gasteiger partial charge is 0.396 e. The van der Waals surface area contributed by atoms with Crippen molar-refractivity contribution in [2.45, 2.75) is 12.8 Å². The first-order valence-corrected chi connectivity index (χ1v) is 7.17. The van der Waals surface area contributed by atoms with E-state index >= 15 is 0 Å². The van der Waals surface area contributed by atoms with Gasteiger partial charge in [0.15, 0.2) is 0 Å². The van der Waals surface area contributed by atoms with Gasteiger partial charge in [-0.15, -0.1) is 22.7 Å². The molecular weight excluding hydrogens is 292 g/mol. The van der Waals surface area contributed by atoms with Crippen LogP contribution in [0.5, 0.6) is 0 Å². The van der Waals surface area contributed by atoms with E-state index in [0.29, 0.717) is 0 Å². The summed E-state index contributed by atoms with van der Waals surface area (Å²) in [5, 5.41) is 8.76. The van der Waals surface area contributed by atoms with Crippen molar-refractivity contribution in [1.82, 2.24) is 0 Å². The van der Waals surface area contributed by atoms with Gasteiger partial charge < -0.3 is 5.11 Å². The van der Waals surface area contributed by atoms with Crippen LogP contribution in [0.2, 0.25) is 0 Å². The lowest BCUT2D eigenvalue weighted by atomic mass is 10.3. The van der Waals surface area contributed by atoms with Crippen LogP contribution in [0, 0.1) is 0 Å². The topological polar surface area (TPSA) is 20.2 Å². The maximum absolute atomic E-state index is 8.76. The predicted octanol–water partition coefficient (Wildman–Crippen LogP) is 4.16. The lowest BCUT2D eigenvalue weighted by Crippen LogP contribution is -1.84. The van der Waals surface area contributed by atoms with Gasteiger partial charge in [0.05, 0.1) is 3.79 Å². The molecule has 0 saturated carbocycles. The van der Waals surface area contributed by atoms with Gasteiger partial charge in [0, 0.05) is 21.2 Å². The van der Waals surface area contributed by atoms with Crippen LogP contribution < -0.4 is 0 Å². The average Bonchev–Trinajstić information content (AvgIpc) is 2.83. The van der Waals surface area contributed by atoms with Gasteiger partial charge >= 0.3 is 0 Å². The van der Waals surface area contributed by atoms with E-state index in [1.165, 1.54) is 18.4 Å². The van der Waals surface area contributed by atoms with Gasteiger partial charge in [-0.2, -0.15) is 0 Å². The zero-order valence-corrected chi connectivity index (χ0v) is 11.3. The number of hydrogen-bond acceptors (Lipinski definition) is 3. The molecule has 0 bridgehead atoms. The van der Waals surface area contributed by atoms with Gasteiger partial charge in [-0.3, -0.25) is 0 Å². The van der Waals surface area contributed by atoms with Crippen LogP contribution >= 0.6 is 38.6 Å². The number of hydrogen-bond donors (Lipinski definition) is 1. The van der Waals surface area contributed by atoms with Gasteiger partial charge in [-0.25, -0.2) is 0 Å². The Balaban J connectivity index is 2.13. The fraction of sp³-hybridized carbons (Fsp3) is 0.273. The van der Waals surface area contributed by atoms with E-state index < -0.39 is 0 Å². The Morgan fingerprint density at radius 1 is 1.07 bits per heavy atom. The second kappa shape index (κ2) is 5.25. The minimum absolute atomic E-state index is 0.276. The number of aliphatic hydroxyl groups is 1. The Bertz CT molecular complexity index is 433. The molecule has 4 heteroatoms. The van der Waals surface area contributed by atoms with Crippen molar-refractivity contribution in [2.75, 3.05) is 6.61 Å². The zero-order chi connectivity index (χ0) is 10.7. The van der Waals surface area contributed by atoms with Gasteiger partial charge in [0.1, 0.15) is 0 Å². The number of aryl methyl sites for hydroxylation is 1. The predicted molar refractivity (Wildman–Crippen MR) is 70.7 cm³/mol. The van der Waals surface area contributed by atoms with Crippen LogP contribution in [0.15, 0.2) is 28.1 Å². The number of halogens is 1. The standard InChI is InChI=1S/C11H11BrOS2/c12-11-6-5-10(15-11)9-4-3-8(14-9)2-1-7-13/h3-6,13H,1-2,7H2. The molecule has 15 heavy (non-hydrogen) atoms. The fourth-order valence-corrected chi connectivity index (χ4v) is 3.87. The van der Waals surface area contributed by atoms with E-state index in [9.17, 15) is 0 Å². The maximum atomic E-state index is 8.76. The quantitative estimate of drug-likeness (QED) is 0.899. The van der Waals surface area contributed by atoms with Crippen LogP contribution in [-0.4, -0.2) is 11.7 Å². The molecule has 2 rings (SSSR count). The Labute approximate surface area is 106 Å². The molecule has 0 aromatic carbocycles. The van der Waals surface area contributed by atoms with Gasteiger partial charge in [0.25, 0.3) is 0 Å². The molecule has 0 saturated heterocycles. The van der Waals surface area contributed by atoms with Gasteiger partial charge in [0.2, 0.25) is 0 Å². The summed E-state index contributed by atoms with van der Waals surface area (Å²) in [6.45, 7) is 0.276. The molecule has 1 N–H and O–H groups in total. The van der Waals surface area contributed by atoms with Crippen molar-refractivity contribution in [1.29, 1.82) is 0 Å². The summed E-state index contributed by atoms with van der Waals surface area (Å²) in [5.74, 6) is 0. The van der Waals surface area contributed by atoms with Gasteiger partial charge in [-0.1, -0.05) is 0 Å². The summed E-state index contributed by atoms with van der Waals surface area (Å²) in [6, 6.07) is 8.53. The molecule has 2 heterocycles. The molecule has 0 aliphatic rings. The molecule has 0 amide bonds. The summed E-state index contributed by atoms with van der Waals surface area (Å²) in [6.07, 6.45) is 1.84. The first-order valence-electron chi connectivity index (χ1n) is 4.75. The van der Waals surface area contributed by atoms with Crippen molar-refractivity contribution >= 4 is 38.6 Å². The van der Waals surface area contributed by atoms with E-state index in [1.54, 1.807) is 11.3 Å². The first kappa shape index (κ1) is 11.3. The molecule has 0 unspecified atom stereocenters. The molecule has 0 fully saturated rings. The third-order valence-electron chi connectivity index (χ3n) is 2.06. The lowest BCUT2D eigenvalue weighted by Gasteiger charge is -1.92. The van der Waals surface area contributed by atoms with E-state index in [1.807, 2.05) is 11.3 Å². The van der Waals surface area contributed by atoms with Crippen molar-refractivity contribution in [3.05, 3.63) is 32.9 Å². The Morgan fingerprint density at radius 2 is 1.80 bits per heavy atom. The lowest BCUT2D eigenvalue weighted by molar-refractivity contribution is 0.289. The van der Waals surface area contributed by atoms with E-state index in [0.717, 1.165) is 12.8 Å². The summed E-state index contributed by atoms with van der Waals surface area (Å²) in [7, 11) is 0. The third kappa shape index (κ3) is 2.91.